The summed E-state index contributed by atoms with van der Waals surface area (Å²) < 4.78 is 46.4. The van der Waals surface area contributed by atoms with Crippen LogP contribution < -0.4 is 5.73 Å². The van der Waals surface area contributed by atoms with Crippen LogP contribution in [0.3, 0.4) is 0 Å². The average molecular weight is 322 g/mol. The van der Waals surface area contributed by atoms with Crippen LogP contribution in [0.2, 0.25) is 0 Å². The van der Waals surface area contributed by atoms with Crippen LogP contribution in [0.5, 0.6) is 0 Å². The number of anilines is 1. The number of nitrogens with zero attached hydrogens (tertiary/aromatic N) is 1. The van der Waals surface area contributed by atoms with Crippen molar-refractivity contribution in [3.05, 3.63) is 16.2 Å². The van der Waals surface area contributed by atoms with E-state index in [2.05, 4.69) is 20.9 Å². The van der Waals surface area contributed by atoms with Gasteiger partial charge >= 0.3 is 0 Å². The largest absolute Gasteiger partial charge is 0.396 e. The molecule has 1 aromatic heterocycles. The first-order valence-corrected chi connectivity index (χ1v) is 6.52. The van der Waals surface area contributed by atoms with E-state index in [-0.39, 0.29) is 10.2 Å². The van der Waals surface area contributed by atoms with Crippen LogP contribution in [0.25, 0.3) is 0 Å². The molecule has 0 aliphatic heterocycles. The summed E-state index contributed by atoms with van der Waals surface area (Å²) in [5.74, 6) is 0. The Bertz CT molecular complexity index is 494. The van der Waals surface area contributed by atoms with Gasteiger partial charge in [0.15, 0.2) is 5.03 Å². The van der Waals surface area contributed by atoms with E-state index in [1.807, 2.05) is 0 Å². The molecular formula is C6H4BrClF2N2O2S. The highest BCUT2D eigenvalue weighted by molar-refractivity contribution is 9.10. The molecule has 0 fully saturated rings. The minimum absolute atomic E-state index is 0.0703. The van der Waals surface area contributed by atoms with Crippen molar-refractivity contribution in [1.29, 1.82) is 0 Å². The first-order valence-electron chi connectivity index (χ1n) is 3.42. The van der Waals surface area contributed by atoms with E-state index < -0.39 is 26.2 Å². The molecule has 1 rings (SSSR count). The van der Waals surface area contributed by atoms with Crippen LogP contribution in [0.15, 0.2) is 15.6 Å². The van der Waals surface area contributed by atoms with E-state index in [4.69, 9.17) is 16.4 Å². The summed E-state index contributed by atoms with van der Waals surface area (Å²) in [6.45, 7) is 0. The molecule has 0 saturated carbocycles. The van der Waals surface area contributed by atoms with Gasteiger partial charge in [0.2, 0.25) is 0 Å². The van der Waals surface area contributed by atoms with Gasteiger partial charge in [-0.1, -0.05) is 0 Å². The maximum Gasteiger partial charge on any atom is 0.281 e. The molecule has 0 atom stereocenters. The van der Waals surface area contributed by atoms with Gasteiger partial charge in [0, 0.05) is 15.2 Å². The number of hydrogen-bond acceptors (Lipinski definition) is 4. The zero-order chi connectivity index (χ0) is 11.8. The van der Waals surface area contributed by atoms with Crippen LogP contribution in [-0.2, 0) is 9.05 Å². The van der Waals surface area contributed by atoms with Crippen molar-refractivity contribution in [3.63, 3.8) is 0 Å². The van der Waals surface area contributed by atoms with Crippen LogP contribution in [0.4, 0.5) is 14.5 Å². The summed E-state index contributed by atoms with van der Waals surface area (Å²) in [7, 11) is 0.738. The highest BCUT2D eigenvalue weighted by Gasteiger charge is 2.22. The molecule has 0 spiro atoms. The third-order valence-corrected chi connectivity index (χ3v) is 3.30. The third-order valence-electron chi connectivity index (χ3n) is 1.43. The van der Waals surface area contributed by atoms with E-state index in [9.17, 15) is 17.2 Å². The van der Waals surface area contributed by atoms with Crippen molar-refractivity contribution in [2.24, 2.45) is 0 Å². The van der Waals surface area contributed by atoms with Gasteiger partial charge in [-0.25, -0.2) is 22.2 Å². The van der Waals surface area contributed by atoms with Gasteiger partial charge in [-0.15, -0.1) is 0 Å². The SMILES string of the molecule is Nc1cc(Br)c(C(F)F)nc1S(=O)(=O)Cl. The fourth-order valence-corrected chi connectivity index (χ4v) is 2.27. The number of rotatable bonds is 2. The minimum Gasteiger partial charge on any atom is -0.396 e. The summed E-state index contributed by atoms with van der Waals surface area (Å²) in [5, 5.41) is -0.761. The molecule has 1 heterocycles. The number of alkyl halides is 2. The normalized spacial score (nSPS) is 12.1. The molecule has 1 aromatic rings. The van der Waals surface area contributed by atoms with E-state index in [0.29, 0.717) is 0 Å². The second kappa shape index (κ2) is 4.18. The van der Waals surface area contributed by atoms with Gasteiger partial charge in [-0.05, 0) is 22.0 Å². The van der Waals surface area contributed by atoms with E-state index >= 15 is 0 Å². The summed E-state index contributed by atoms with van der Waals surface area (Å²) in [6.07, 6.45) is -2.92. The maximum absolute atomic E-state index is 12.4. The molecule has 0 bridgehead atoms. The number of aromatic nitrogens is 1. The molecule has 0 unspecified atom stereocenters. The highest BCUT2D eigenvalue weighted by atomic mass is 79.9. The molecule has 0 radical (unpaired) electrons. The molecule has 4 nitrogen and oxygen atoms in total. The second-order valence-corrected chi connectivity index (χ2v) is 5.82. The molecule has 0 aliphatic rings. The van der Waals surface area contributed by atoms with Crippen molar-refractivity contribution >= 4 is 41.4 Å². The quantitative estimate of drug-likeness (QED) is 0.848. The molecule has 84 valence electrons. The first kappa shape index (κ1) is 12.6. The van der Waals surface area contributed by atoms with E-state index in [1.165, 1.54) is 0 Å². The van der Waals surface area contributed by atoms with Crippen molar-refractivity contribution in [1.82, 2.24) is 4.98 Å². The van der Waals surface area contributed by atoms with Crippen LogP contribution >= 0.6 is 26.6 Å². The molecule has 0 saturated heterocycles. The fourth-order valence-electron chi connectivity index (χ4n) is 0.848. The lowest BCUT2D eigenvalue weighted by Crippen LogP contribution is -2.05. The maximum atomic E-state index is 12.4. The van der Waals surface area contributed by atoms with Gasteiger partial charge in [0.05, 0.1) is 5.69 Å². The Morgan fingerprint density at radius 1 is 1.53 bits per heavy atom. The summed E-state index contributed by atoms with van der Waals surface area (Å²) >= 11 is 2.79. The average Bonchev–Trinajstić information content (AvgIpc) is 2.00. The molecule has 0 aliphatic carbocycles. The molecule has 2 N–H and O–H groups in total. The van der Waals surface area contributed by atoms with Gasteiger partial charge in [0.25, 0.3) is 15.5 Å². The van der Waals surface area contributed by atoms with Gasteiger partial charge in [0.1, 0.15) is 5.69 Å². The Morgan fingerprint density at radius 3 is 2.47 bits per heavy atom. The zero-order valence-electron chi connectivity index (χ0n) is 6.92. The Balaban J connectivity index is 3.50. The fraction of sp³-hybridized carbons (Fsp3) is 0.167. The predicted molar refractivity (Wildman–Crippen MR) is 54.3 cm³/mol. The van der Waals surface area contributed by atoms with Crippen molar-refractivity contribution in [3.8, 4) is 0 Å². The van der Waals surface area contributed by atoms with Gasteiger partial charge in [-0.2, -0.15) is 0 Å². The molecule has 0 aromatic carbocycles. The second-order valence-electron chi connectivity index (χ2n) is 2.49. The van der Waals surface area contributed by atoms with Crippen molar-refractivity contribution in [2.45, 2.75) is 11.5 Å². The topological polar surface area (TPSA) is 73.0 Å². The van der Waals surface area contributed by atoms with Gasteiger partial charge < -0.3 is 5.73 Å². The Hall–Kier alpha value is -0.470. The standard InChI is InChI=1S/C6H4BrClF2N2O2S/c7-2-1-3(11)6(15(8,13)14)12-4(2)5(9)10/h1,5H,11H2. The molecule has 0 amide bonds. The smallest absolute Gasteiger partial charge is 0.281 e. The number of pyridine rings is 1. The molecular weight excluding hydrogens is 317 g/mol. The van der Waals surface area contributed by atoms with Gasteiger partial charge in [-0.3, -0.25) is 0 Å². The zero-order valence-corrected chi connectivity index (χ0v) is 10.1. The Kier molecular flexibility index (Phi) is 3.51. The van der Waals surface area contributed by atoms with E-state index in [1.54, 1.807) is 0 Å². The van der Waals surface area contributed by atoms with E-state index in [0.717, 1.165) is 6.07 Å². The summed E-state index contributed by atoms with van der Waals surface area (Å²) in [5.41, 5.74) is 4.27. The summed E-state index contributed by atoms with van der Waals surface area (Å²) in [4.78, 5) is 3.20. The Morgan fingerprint density at radius 2 is 2.07 bits per heavy atom. The predicted octanol–water partition coefficient (Wildman–Crippen LogP) is 2.29. The Labute approximate surface area is 97.0 Å². The van der Waals surface area contributed by atoms with Crippen molar-refractivity contribution < 1.29 is 17.2 Å². The lowest BCUT2D eigenvalue weighted by atomic mass is 10.3. The monoisotopic (exact) mass is 320 g/mol. The van der Waals surface area contributed by atoms with Crippen LogP contribution in [0, 0.1) is 0 Å². The first-order chi connectivity index (χ1) is 6.73. The van der Waals surface area contributed by atoms with Crippen molar-refractivity contribution in [2.75, 3.05) is 5.73 Å². The highest BCUT2D eigenvalue weighted by Crippen LogP contribution is 2.31. The lowest BCUT2D eigenvalue weighted by Gasteiger charge is -2.06. The molecule has 9 heteroatoms. The van der Waals surface area contributed by atoms with Crippen LogP contribution in [0.1, 0.15) is 12.1 Å². The third kappa shape index (κ3) is 2.76. The number of nitrogens with two attached hydrogens (primary N) is 1. The number of hydrogen-bond donors (Lipinski definition) is 1. The lowest BCUT2D eigenvalue weighted by molar-refractivity contribution is 0.144. The number of nitrogen functional groups attached to an aromatic ring is 1. The number of halogens is 4. The minimum atomic E-state index is -4.22. The molecule has 15 heavy (non-hydrogen) atoms. The summed E-state index contributed by atoms with van der Waals surface area (Å²) in [6, 6.07) is 1.02. The van der Waals surface area contributed by atoms with Crippen LogP contribution in [-0.4, -0.2) is 13.4 Å².